The number of nitrogens with zero attached hydrogens (tertiary/aromatic N) is 7. The number of aromatic nitrogens is 4. The van der Waals surface area contributed by atoms with E-state index in [9.17, 15) is 33.9 Å². The summed E-state index contributed by atoms with van der Waals surface area (Å²) in [4.78, 5) is 38.3. The van der Waals surface area contributed by atoms with Gasteiger partial charge in [-0.05, 0) is 38.0 Å². The van der Waals surface area contributed by atoms with Crippen LogP contribution in [-0.2, 0) is 6.54 Å². The molecular formula is C35H30ClF2N7O4S. The van der Waals surface area contributed by atoms with Crippen molar-refractivity contribution < 1.29 is 23.4 Å². The van der Waals surface area contributed by atoms with Gasteiger partial charge >= 0.3 is 5.97 Å². The number of benzene rings is 1. The Labute approximate surface area is 294 Å². The summed E-state index contributed by atoms with van der Waals surface area (Å²) in [5, 5.41) is 34.3. The van der Waals surface area contributed by atoms with Gasteiger partial charge in [-0.25, -0.2) is 23.5 Å². The van der Waals surface area contributed by atoms with Crippen molar-refractivity contribution in [3.05, 3.63) is 85.1 Å². The van der Waals surface area contributed by atoms with Crippen LogP contribution in [0.4, 0.5) is 14.6 Å². The molecule has 0 spiro atoms. The first kappa shape index (κ1) is 34.7. The number of hydrogen-bond acceptors (Lipinski definition) is 9. The molecule has 256 valence electrons. The Kier molecular flexibility index (Phi) is 9.46. The second-order valence-corrected chi connectivity index (χ2v) is 13.6. The number of aromatic carboxylic acids is 1. The lowest BCUT2D eigenvalue weighted by Gasteiger charge is -2.38. The predicted octanol–water partition coefficient (Wildman–Crippen LogP) is 5.45. The van der Waals surface area contributed by atoms with E-state index in [-0.39, 0.29) is 46.7 Å². The minimum Gasteiger partial charge on any atom is -0.618 e. The topological polar surface area (TPSA) is 142 Å². The van der Waals surface area contributed by atoms with E-state index in [4.69, 9.17) is 11.6 Å². The Balaban J connectivity index is 1.33. The minimum atomic E-state index is -2.78. The molecule has 0 saturated carbocycles. The summed E-state index contributed by atoms with van der Waals surface area (Å²) in [5.74, 6) is 2.80. The molecular weight excluding hydrogens is 688 g/mol. The quantitative estimate of drug-likeness (QED) is 0.132. The number of fused-ring (bicyclic) bond motifs is 2. The van der Waals surface area contributed by atoms with Crippen molar-refractivity contribution >= 4 is 55.8 Å². The first-order valence-corrected chi connectivity index (χ1v) is 16.8. The first-order valence-electron chi connectivity index (χ1n) is 15.6. The lowest BCUT2D eigenvalue weighted by atomic mass is 10.00. The van der Waals surface area contributed by atoms with E-state index >= 15 is 0 Å². The summed E-state index contributed by atoms with van der Waals surface area (Å²) in [5.41, 5.74) is 1.49. The van der Waals surface area contributed by atoms with E-state index in [1.54, 1.807) is 43.1 Å². The zero-order valence-electron chi connectivity index (χ0n) is 27.2. The Hall–Kier alpha value is -5.15. The number of aryl methyl sites for hydroxylation is 1. The molecule has 0 bridgehead atoms. The molecule has 1 fully saturated rings. The largest absolute Gasteiger partial charge is 0.618 e. The Morgan fingerprint density at radius 2 is 2.02 bits per heavy atom. The summed E-state index contributed by atoms with van der Waals surface area (Å²) in [6.07, 6.45) is 3.89. The third kappa shape index (κ3) is 6.70. The number of nitriles is 1. The molecule has 1 saturated heterocycles. The average Bonchev–Trinajstić information content (AvgIpc) is 3.53. The van der Waals surface area contributed by atoms with Crippen LogP contribution in [0.3, 0.4) is 0 Å². The fraction of sp³-hybridized carbons (Fsp3) is 0.314. The van der Waals surface area contributed by atoms with Gasteiger partial charge < -0.3 is 15.2 Å². The predicted molar refractivity (Wildman–Crippen MR) is 187 cm³/mol. The van der Waals surface area contributed by atoms with Crippen LogP contribution in [0.5, 0.6) is 0 Å². The zero-order valence-corrected chi connectivity index (χ0v) is 28.8. The lowest BCUT2D eigenvalue weighted by Crippen LogP contribution is -2.46. The molecule has 50 heavy (non-hydrogen) atoms. The van der Waals surface area contributed by atoms with Crippen LogP contribution >= 0.6 is 22.9 Å². The van der Waals surface area contributed by atoms with Gasteiger partial charge in [0.2, 0.25) is 5.52 Å². The molecule has 1 N–H and O–H groups in total. The normalized spacial score (nSPS) is 14.0. The van der Waals surface area contributed by atoms with Crippen LogP contribution < -0.4 is 15.2 Å². The van der Waals surface area contributed by atoms with Crippen LogP contribution in [0, 0.1) is 35.3 Å². The highest BCUT2D eigenvalue weighted by Gasteiger charge is 2.31. The van der Waals surface area contributed by atoms with E-state index in [0.29, 0.717) is 68.7 Å². The fourth-order valence-electron chi connectivity index (χ4n) is 6.38. The third-order valence-electron chi connectivity index (χ3n) is 8.79. The molecule has 4 aromatic heterocycles. The van der Waals surface area contributed by atoms with Crippen LogP contribution in [0.1, 0.15) is 47.1 Å². The molecule has 0 aliphatic carbocycles. The number of alkyl halides is 2. The van der Waals surface area contributed by atoms with Crippen LogP contribution in [-0.4, -0.2) is 69.2 Å². The van der Waals surface area contributed by atoms with Crippen molar-refractivity contribution in [3.8, 4) is 29.0 Å². The van der Waals surface area contributed by atoms with Crippen molar-refractivity contribution in [1.29, 1.82) is 5.26 Å². The number of thiophene rings is 1. The molecule has 0 atom stereocenters. The Morgan fingerprint density at radius 1 is 1.28 bits per heavy atom. The SMILES string of the molecule is Cc1nc2cnc(N(C)C3CCN(CC(C)(F)F)CC3)c(C#N)c2c(=O)n1CC#Cc1ccc(Cl)cc1-c1cc[n+]([O-])c2c(C(=O)O)csc12. The number of carboxylic acids is 1. The molecule has 5 heterocycles. The number of piperidine rings is 1. The second-order valence-electron chi connectivity index (χ2n) is 12.2. The van der Waals surface area contributed by atoms with E-state index < -0.39 is 17.5 Å². The number of carbonyl (C=O) groups is 1. The second kappa shape index (κ2) is 13.6. The highest BCUT2D eigenvalue weighted by Crippen LogP contribution is 2.36. The molecule has 0 amide bonds. The lowest BCUT2D eigenvalue weighted by molar-refractivity contribution is -0.576. The van der Waals surface area contributed by atoms with E-state index in [1.165, 1.54) is 22.3 Å². The molecule has 0 unspecified atom stereocenters. The number of hydrogen-bond donors (Lipinski definition) is 1. The number of likely N-dealkylation sites (tertiary alicyclic amines) is 1. The molecule has 1 aliphatic rings. The van der Waals surface area contributed by atoms with E-state index in [2.05, 4.69) is 27.9 Å². The molecule has 6 rings (SSSR count). The van der Waals surface area contributed by atoms with Gasteiger partial charge in [-0.3, -0.25) is 14.3 Å². The number of halogens is 3. The Morgan fingerprint density at radius 3 is 2.70 bits per heavy atom. The van der Waals surface area contributed by atoms with Gasteiger partial charge in [0.1, 0.15) is 33.5 Å². The molecule has 1 aromatic carbocycles. The standard InChI is InChI=1S/C35H30ClF2N7O4S/c1-20-41-28-17-40-32(42(3)23-8-12-43(13-9-23)19-35(2,37)38)26(16-39)29(28)33(46)44(20)11-4-5-21-6-7-22(36)15-25(21)24-10-14-45(49)30-27(34(47)48)18-50-31(24)30/h6-7,10,14-15,17-18,23H,8-9,11-13,19H2,1-3H3,(H,47,48). The van der Waals surface area contributed by atoms with Crippen LogP contribution in [0.25, 0.3) is 32.2 Å². The zero-order chi connectivity index (χ0) is 35.9. The highest BCUT2D eigenvalue weighted by molar-refractivity contribution is 7.18. The minimum absolute atomic E-state index is 0.0303. The van der Waals surface area contributed by atoms with Crippen LogP contribution in [0.2, 0.25) is 5.02 Å². The maximum absolute atomic E-state index is 14.0. The van der Waals surface area contributed by atoms with Gasteiger partial charge in [0.05, 0.1) is 30.2 Å². The molecule has 0 radical (unpaired) electrons. The van der Waals surface area contributed by atoms with Crippen molar-refractivity contribution in [1.82, 2.24) is 19.4 Å². The Bertz CT molecular complexity index is 2330. The van der Waals surface area contributed by atoms with Crippen molar-refractivity contribution in [2.45, 2.75) is 45.2 Å². The maximum Gasteiger partial charge on any atom is 0.343 e. The van der Waals surface area contributed by atoms with Gasteiger partial charge in [-0.2, -0.15) is 9.99 Å². The van der Waals surface area contributed by atoms with Crippen molar-refractivity contribution in [2.24, 2.45) is 0 Å². The van der Waals surface area contributed by atoms with Crippen molar-refractivity contribution in [3.63, 3.8) is 0 Å². The summed E-state index contributed by atoms with van der Waals surface area (Å²) < 4.78 is 29.5. The monoisotopic (exact) mass is 717 g/mol. The summed E-state index contributed by atoms with van der Waals surface area (Å²) in [6.45, 7) is 3.13. The number of rotatable bonds is 7. The summed E-state index contributed by atoms with van der Waals surface area (Å²) in [7, 11) is 1.79. The molecule has 11 nitrogen and oxygen atoms in total. The number of pyridine rings is 2. The highest BCUT2D eigenvalue weighted by atomic mass is 35.5. The van der Waals surface area contributed by atoms with Gasteiger partial charge in [0.15, 0.2) is 6.20 Å². The smallest absolute Gasteiger partial charge is 0.343 e. The molecule has 5 aromatic rings. The van der Waals surface area contributed by atoms with Gasteiger partial charge in [0, 0.05) is 66.3 Å². The number of anilines is 1. The summed E-state index contributed by atoms with van der Waals surface area (Å²) in [6, 6.07) is 8.70. The third-order valence-corrected chi connectivity index (χ3v) is 10.0. The maximum atomic E-state index is 14.0. The van der Waals surface area contributed by atoms with E-state index in [0.717, 1.165) is 18.3 Å². The van der Waals surface area contributed by atoms with Gasteiger partial charge in [-0.1, -0.05) is 23.4 Å². The average molecular weight is 718 g/mol. The van der Waals surface area contributed by atoms with Crippen molar-refractivity contribution in [2.75, 3.05) is 31.6 Å². The van der Waals surface area contributed by atoms with Crippen LogP contribution in [0.15, 0.2) is 46.8 Å². The van der Waals surface area contributed by atoms with Gasteiger partial charge in [0.25, 0.3) is 11.5 Å². The van der Waals surface area contributed by atoms with Gasteiger partial charge in [-0.15, -0.1) is 11.3 Å². The van der Waals surface area contributed by atoms with E-state index in [1.807, 2.05) is 4.90 Å². The molecule has 15 heteroatoms. The number of carboxylic acid groups (broad SMARTS) is 1. The summed E-state index contributed by atoms with van der Waals surface area (Å²) >= 11 is 7.47. The first-order chi connectivity index (χ1) is 23.8. The fourth-order valence-corrected chi connectivity index (χ4v) is 7.62. The molecule has 1 aliphatic heterocycles.